The maximum absolute atomic E-state index is 10.6. The average molecular weight is 399 g/mol. The fourth-order valence-corrected chi connectivity index (χ4v) is 4.00. The summed E-state index contributed by atoms with van der Waals surface area (Å²) in [6, 6.07) is 12.0. The number of para-hydroxylation sites is 1. The van der Waals surface area contributed by atoms with Crippen molar-refractivity contribution >= 4 is 17.3 Å². The first-order valence-corrected chi connectivity index (χ1v) is 10.4. The first-order chi connectivity index (χ1) is 13.5. The quantitative estimate of drug-likeness (QED) is 0.461. The molecule has 0 saturated heterocycles. The first-order valence-electron chi connectivity index (χ1n) is 9.55. The zero-order valence-corrected chi connectivity index (χ0v) is 17.2. The summed E-state index contributed by atoms with van der Waals surface area (Å²) in [6.07, 6.45) is 2.90. The Morgan fingerprint density at radius 1 is 1.18 bits per heavy atom. The van der Waals surface area contributed by atoms with Gasteiger partial charge in [0, 0.05) is 35.3 Å². The van der Waals surface area contributed by atoms with Crippen molar-refractivity contribution < 1.29 is 14.6 Å². The molecule has 3 rings (SSSR count). The lowest BCUT2D eigenvalue weighted by Gasteiger charge is -2.09. The number of nitrogens with zero attached hydrogens (tertiary/aromatic N) is 2. The van der Waals surface area contributed by atoms with E-state index in [9.17, 15) is 4.79 Å². The van der Waals surface area contributed by atoms with E-state index in [1.54, 1.807) is 11.3 Å². The minimum atomic E-state index is -0.716. The van der Waals surface area contributed by atoms with Crippen LogP contribution in [0.3, 0.4) is 0 Å². The zero-order chi connectivity index (χ0) is 19.9. The molecule has 0 fully saturated rings. The van der Waals surface area contributed by atoms with Gasteiger partial charge in [0.15, 0.2) is 0 Å². The van der Waals surface area contributed by atoms with E-state index in [1.165, 1.54) is 11.4 Å². The van der Waals surface area contributed by atoms with Crippen LogP contribution in [0.5, 0.6) is 5.75 Å². The van der Waals surface area contributed by atoms with Crippen molar-refractivity contribution in [2.45, 2.75) is 52.7 Å². The van der Waals surface area contributed by atoms with Gasteiger partial charge in [0.25, 0.3) is 0 Å². The molecular weight excluding hydrogens is 372 g/mol. The number of rotatable bonds is 10. The number of aliphatic carboxylic acids is 1. The van der Waals surface area contributed by atoms with E-state index in [4.69, 9.17) is 14.8 Å². The van der Waals surface area contributed by atoms with Gasteiger partial charge in [0.2, 0.25) is 0 Å². The van der Waals surface area contributed by atoms with Crippen LogP contribution in [0.25, 0.3) is 11.3 Å². The van der Waals surface area contributed by atoms with E-state index in [0.717, 1.165) is 47.8 Å². The molecule has 0 saturated carbocycles. The smallest absolute Gasteiger partial charge is 0.303 e. The van der Waals surface area contributed by atoms with Crippen LogP contribution in [0.4, 0.5) is 0 Å². The summed E-state index contributed by atoms with van der Waals surface area (Å²) >= 11 is 1.61. The number of benzene rings is 1. The number of aryl methyl sites for hydroxylation is 1. The summed E-state index contributed by atoms with van der Waals surface area (Å²) in [5.41, 5.74) is 4.56. The second kappa shape index (κ2) is 9.55. The van der Waals surface area contributed by atoms with Gasteiger partial charge in [0.05, 0.1) is 5.69 Å². The standard InChI is InChI=1S/C22H26N2O3S/c1-16-13-19(17(2)24(16)12-8-4-7-11-22(25)26)20-15-28-21(23-20)14-27-18-9-5-3-6-10-18/h3,5-6,9-10,13,15H,4,7-8,11-12,14H2,1-2H3,(H,25,26). The molecule has 6 heteroatoms. The molecule has 3 aromatic rings. The lowest BCUT2D eigenvalue weighted by Crippen LogP contribution is -2.03. The number of thiazole rings is 1. The van der Waals surface area contributed by atoms with Crippen LogP contribution < -0.4 is 4.74 Å². The van der Waals surface area contributed by atoms with E-state index < -0.39 is 5.97 Å². The molecule has 0 unspecified atom stereocenters. The third kappa shape index (κ3) is 5.23. The second-order valence-corrected chi connectivity index (χ2v) is 7.81. The third-order valence-corrected chi connectivity index (χ3v) is 5.60. The molecular formula is C22H26N2O3S. The van der Waals surface area contributed by atoms with Gasteiger partial charge in [0.1, 0.15) is 17.4 Å². The molecule has 0 aliphatic heterocycles. The number of unbranched alkanes of at least 4 members (excludes halogenated alkanes) is 2. The van der Waals surface area contributed by atoms with Crippen molar-refractivity contribution in [2.75, 3.05) is 0 Å². The van der Waals surface area contributed by atoms with Crippen molar-refractivity contribution in [1.82, 2.24) is 9.55 Å². The van der Waals surface area contributed by atoms with Crippen LogP contribution in [0.15, 0.2) is 41.8 Å². The van der Waals surface area contributed by atoms with Gasteiger partial charge >= 0.3 is 5.97 Å². The van der Waals surface area contributed by atoms with Crippen LogP contribution in [0, 0.1) is 13.8 Å². The summed E-state index contributed by atoms with van der Waals surface area (Å²) in [4.78, 5) is 15.4. The Morgan fingerprint density at radius 2 is 1.96 bits per heavy atom. The molecule has 5 nitrogen and oxygen atoms in total. The molecule has 0 aliphatic rings. The van der Waals surface area contributed by atoms with Crippen LogP contribution in [-0.2, 0) is 17.9 Å². The Hall–Kier alpha value is -2.60. The van der Waals surface area contributed by atoms with Crippen molar-refractivity contribution in [2.24, 2.45) is 0 Å². The fraction of sp³-hybridized carbons (Fsp3) is 0.364. The number of hydrogen-bond donors (Lipinski definition) is 1. The lowest BCUT2D eigenvalue weighted by molar-refractivity contribution is -0.137. The summed E-state index contributed by atoms with van der Waals surface area (Å²) < 4.78 is 8.10. The molecule has 0 atom stereocenters. The number of carboxylic acids is 1. The first kappa shape index (κ1) is 20.1. The topological polar surface area (TPSA) is 64.4 Å². The fourth-order valence-electron chi connectivity index (χ4n) is 3.29. The average Bonchev–Trinajstić information content (AvgIpc) is 3.26. The van der Waals surface area contributed by atoms with Crippen molar-refractivity contribution in [3.05, 3.63) is 58.2 Å². The van der Waals surface area contributed by atoms with Crippen LogP contribution in [-0.4, -0.2) is 20.6 Å². The van der Waals surface area contributed by atoms with Crippen LogP contribution >= 0.6 is 11.3 Å². The van der Waals surface area contributed by atoms with Gasteiger partial charge in [-0.05, 0) is 44.9 Å². The van der Waals surface area contributed by atoms with Gasteiger partial charge < -0.3 is 14.4 Å². The molecule has 1 N–H and O–H groups in total. The highest BCUT2D eigenvalue weighted by Crippen LogP contribution is 2.29. The Labute approximate surface area is 169 Å². The van der Waals surface area contributed by atoms with Crippen LogP contribution in [0.2, 0.25) is 0 Å². The summed E-state index contributed by atoms with van der Waals surface area (Å²) in [5.74, 6) is 0.131. The molecule has 0 radical (unpaired) electrons. The predicted octanol–water partition coefficient (Wildman–Crippen LogP) is 5.45. The van der Waals surface area contributed by atoms with E-state index in [1.807, 2.05) is 30.3 Å². The Morgan fingerprint density at radius 3 is 2.71 bits per heavy atom. The van der Waals surface area contributed by atoms with Crippen molar-refractivity contribution in [1.29, 1.82) is 0 Å². The molecule has 148 valence electrons. The van der Waals surface area contributed by atoms with Crippen molar-refractivity contribution in [3.63, 3.8) is 0 Å². The van der Waals surface area contributed by atoms with Gasteiger partial charge in [-0.1, -0.05) is 24.6 Å². The van der Waals surface area contributed by atoms with E-state index in [-0.39, 0.29) is 6.42 Å². The Balaban J connectivity index is 1.61. The van der Waals surface area contributed by atoms with Gasteiger partial charge in [-0.15, -0.1) is 11.3 Å². The van der Waals surface area contributed by atoms with Gasteiger partial charge in [-0.3, -0.25) is 4.79 Å². The molecule has 0 aliphatic carbocycles. The van der Waals surface area contributed by atoms with E-state index >= 15 is 0 Å². The van der Waals surface area contributed by atoms with Crippen LogP contribution in [0.1, 0.15) is 42.1 Å². The highest BCUT2D eigenvalue weighted by molar-refractivity contribution is 7.09. The maximum atomic E-state index is 10.6. The number of aromatic nitrogens is 2. The predicted molar refractivity (Wildman–Crippen MR) is 112 cm³/mol. The number of hydrogen-bond acceptors (Lipinski definition) is 4. The summed E-state index contributed by atoms with van der Waals surface area (Å²) in [6.45, 7) is 5.61. The van der Waals surface area contributed by atoms with Crippen molar-refractivity contribution in [3.8, 4) is 17.0 Å². The molecule has 2 aromatic heterocycles. The molecule has 0 bridgehead atoms. The normalized spacial score (nSPS) is 10.9. The highest BCUT2D eigenvalue weighted by atomic mass is 32.1. The summed E-state index contributed by atoms with van der Waals surface area (Å²) in [7, 11) is 0. The summed E-state index contributed by atoms with van der Waals surface area (Å²) in [5, 5.41) is 11.8. The van der Waals surface area contributed by atoms with Gasteiger partial charge in [-0.25, -0.2) is 4.98 Å². The molecule has 0 spiro atoms. The zero-order valence-electron chi connectivity index (χ0n) is 16.4. The number of ether oxygens (including phenoxy) is 1. The number of carboxylic acid groups (broad SMARTS) is 1. The second-order valence-electron chi connectivity index (χ2n) is 6.87. The highest BCUT2D eigenvalue weighted by Gasteiger charge is 2.14. The Bertz CT molecular complexity index is 915. The van der Waals surface area contributed by atoms with Gasteiger partial charge in [-0.2, -0.15) is 0 Å². The van der Waals surface area contributed by atoms with E-state index in [0.29, 0.717) is 6.61 Å². The molecule has 2 heterocycles. The monoisotopic (exact) mass is 398 g/mol. The third-order valence-electron chi connectivity index (χ3n) is 4.78. The minimum Gasteiger partial charge on any atom is -0.486 e. The molecule has 1 aromatic carbocycles. The SMILES string of the molecule is Cc1cc(-c2csc(COc3ccccc3)n2)c(C)n1CCCCCC(=O)O. The number of carbonyl (C=O) groups is 1. The lowest BCUT2D eigenvalue weighted by atomic mass is 10.2. The largest absolute Gasteiger partial charge is 0.486 e. The van der Waals surface area contributed by atoms with E-state index in [2.05, 4.69) is 29.9 Å². The molecule has 28 heavy (non-hydrogen) atoms. The Kier molecular flexibility index (Phi) is 6.87. The molecule has 0 amide bonds. The minimum absolute atomic E-state index is 0.252. The maximum Gasteiger partial charge on any atom is 0.303 e.